The number of amides is 2. The van der Waals surface area contributed by atoms with Crippen LogP contribution in [0.1, 0.15) is 12.0 Å². The molecule has 3 N–H and O–H groups in total. The van der Waals surface area contributed by atoms with Gasteiger partial charge in [-0.05, 0) is 29.9 Å². The zero-order valence-electron chi connectivity index (χ0n) is 16.8. The molecule has 2 aromatic rings. The van der Waals surface area contributed by atoms with E-state index < -0.39 is 5.92 Å². The van der Waals surface area contributed by atoms with Gasteiger partial charge in [0.05, 0.1) is 20.1 Å². The summed E-state index contributed by atoms with van der Waals surface area (Å²) in [6.07, 6.45) is 0.177. The summed E-state index contributed by atoms with van der Waals surface area (Å²) in [5.74, 6) is 0.400. The highest BCUT2D eigenvalue weighted by Gasteiger charge is 2.34. The van der Waals surface area contributed by atoms with E-state index in [1.165, 1.54) is 0 Å². The Hall–Kier alpha value is -3.33. The smallest absolute Gasteiger partial charge is 0.243 e. The predicted molar refractivity (Wildman–Crippen MR) is 117 cm³/mol. The lowest BCUT2D eigenvalue weighted by Gasteiger charge is -2.17. The minimum atomic E-state index is -0.433. The molecular formula is C21H24N4O4S. The number of hydrogen-bond donors (Lipinski definition) is 3. The van der Waals surface area contributed by atoms with Crippen LogP contribution in [0, 0.1) is 5.92 Å². The second kappa shape index (κ2) is 9.93. The fraction of sp³-hybridized carbons (Fsp3) is 0.286. The Morgan fingerprint density at radius 2 is 1.83 bits per heavy atom. The molecule has 30 heavy (non-hydrogen) atoms. The zero-order chi connectivity index (χ0) is 21.5. The van der Waals surface area contributed by atoms with Gasteiger partial charge in [0.15, 0.2) is 16.6 Å². The van der Waals surface area contributed by atoms with E-state index in [-0.39, 0.29) is 23.3 Å². The molecule has 2 amide bonds. The number of anilines is 1. The Morgan fingerprint density at radius 1 is 1.10 bits per heavy atom. The lowest BCUT2D eigenvalue weighted by molar-refractivity contribution is -0.129. The van der Waals surface area contributed by atoms with Crippen LogP contribution in [0.2, 0.25) is 0 Å². The number of hydrogen-bond acceptors (Lipinski definition) is 5. The Kier molecular flexibility index (Phi) is 7.08. The average molecular weight is 429 g/mol. The minimum Gasteiger partial charge on any atom is -0.493 e. The number of rotatable bonds is 6. The number of benzene rings is 2. The third kappa shape index (κ3) is 5.38. The van der Waals surface area contributed by atoms with Gasteiger partial charge in [0.2, 0.25) is 11.8 Å². The second-order valence-electron chi connectivity index (χ2n) is 6.80. The maximum atomic E-state index is 12.5. The van der Waals surface area contributed by atoms with Crippen molar-refractivity contribution in [3.05, 3.63) is 54.1 Å². The number of hydrazine groups is 1. The van der Waals surface area contributed by atoms with Crippen LogP contribution in [0.5, 0.6) is 11.5 Å². The van der Waals surface area contributed by atoms with Crippen LogP contribution in [0.15, 0.2) is 48.5 Å². The van der Waals surface area contributed by atoms with Crippen LogP contribution in [0.4, 0.5) is 5.69 Å². The number of likely N-dealkylation sites (tertiary alicyclic amines) is 1. The van der Waals surface area contributed by atoms with Crippen LogP contribution < -0.4 is 25.6 Å². The van der Waals surface area contributed by atoms with E-state index in [1.54, 1.807) is 37.3 Å². The van der Waals surface area contributed by atoms with Gasteiger partial charge in [0, 0.05) is 31.3 Å². The molecule has 1 saturated heterocycles. The Labute approximate surface area is 180 Å². The van der Waals surface area contributed by atoms with Crippen LogP contribution in [-0.4, -0.2) is 42.6 Å². The third-order valence-corrected chi connectivity index (χ3v) is 4.95. The lowest BCUT2D eigenvalue weighted by atomic mass is 10.1. The molecule has 2 aromatic carbocycles. The molecule has 1 fully saturated rings. The van der Waals surface area contributed by atoms with Gasteiger partial charge in [-0.1, -0.05) is 30.3 Å². The molecule has 9 heteroatoms. The molecule has 0 aromatic heterocycles. The van der Waals surface area contributed by atoms with E-state index in [1.807, 2.05) is 30.3 Å². The maximum Gasteiger partial charge on any atom is 0.243 e. The summed E-state index contributed by atoms with van der Waals surface area (Å²) in [6, 6.07) is 14.9. The predicted octanol–water partition coefficient (Wildman–Crippen LogP) is 2.07. The fourth-order valence-corrected chi connectivity index (χ4v) is 3.37. The summed E-state index contributed by atoms with van der Waals surface area (Å²) in [7, 11) is 3.10. The van der Waals surface area contributed by atoms with Crippen molar-refractivity contribution in [1.82, 2.24) is 15.8 Å². The number of nitrogens with one attached hydrogen (secondary N) is 3. The minimum absolute atomic E-state index is 0.0370. The van der Waals surface area contributed by atoms with Crippen LogP contribution in [0.3, 0.4) is 0 Å². The van der Waals surface area contributed by atoms with Crippen molar-refractivity contribution in [2.75, 3.05) is 26.1 Å². The first-order valence-electron chi connectivity index (χ1n) is 9.40. The Balaban J connectivity index is 1.48. The highest BCUT2D eigenvalue weighted by Crippen LogP contribution is 2.29. The van der Waals surface area contributed by atoms with Crippen molar-refractivity contribution in [3.8, 4) is 11.5 Å². The van der Waals surface area contributed by atoms with E-state index in [0.29, 0.717) is 30.3 Å². The molecule has 0 spiro atoms. The summed E-state index contributed by atoms with van der Waals surface area (Å²) in [6.45, 7) is 0.868. The topological polar surface area (TPSA) is 91.9 Å². The number of carbonyl (C=O) groups excluding carboxylic acids is 2. The van der Waals surface area contributed by atoms with Gasteiger partial charge in [-0.15, -0.1) is 0 Å². The van der Waals surface area contributed by atoms with Gasteiger partial charge in [-0.3, -0.25) is 20.4 Å². The van der Waals surface area contributed by atoms with Crippen molar-refractivity contribution < 1.29 is 19.1 Å². The molecule has 1 aliphatic rings. The van der Waals surface area contributed by atoms with E-state index in [0.717, 1.165) is 5.56 Å². The SMILES string of the molecule is COc1ccc(NC(=S)NNC(=O)C2CC(=O)N(Cc3ccccc3)C2)cc1OC. The molecule has 1 aliphatic heterocycles. The van der Waals surface area contributed by atoms with Crippen LogP contribution >= 0.6 is 12.2 Å². The molecule has 0 saturated carbocycles. The van der Waals surface area contributed by atoms with Crippen molar-refractivity contribution in [2.45, 2.75) is 13.0 Å². The van der Waals surface area contributed by atoms with Gasteiger partial charge < -0.3 is 19.7 Å². The summed E-state index contributed by atoms with van der Waals surface area (Å²) in [4.78, 5) is 26.4. The molecule has 1 unspecified atom stereocenters. The number of carbonyl (C=O) groups is 2. The van der Waals surface area contributed by atoms with Gasteiger partial charge in [0.25, 0.3) is 0 Å². The molecule has 0 radical (unpaired) electrons. The first-order valence-corrected chi connectivity index (χ1v) is 9.81. The van der Waals surface area contributed by atoms with E-state index in [9.17, 15) is 9.59 Å². The summed E-state index contributed by atoms with van der Waals surface area (Å²) < 4.78 is 10.4. The Morgan fingerprint density at radius 3 is 2.53 bits per heavy atom. The van der Waals surface area contributed by atoms with Crippen LogP contribution in [0.25, 0.3) is 0 Å². The van der Waals surface area contributed by atoms with Gasteiger partial charge in [-0.2, -0.15) is 0 Å². The number of methoxy groups -OCH3 is 2. The molecule has 3 rings (SSSR count). The van der Waals surface area contributed by atoms with Gasteiger partial charge in [0.1, 0.15) is 0 Å². The van der Waals surface area contributed by atoms with E-state index >= 15 is 0 Å². The quantitative estimate of drug-likeness (QED) is 0.479. The third-order valence-electron chi connectivity index (χ3n) is 4.74. The first-order chi connectivity index (χ1) is 14.5. The number of thiocarbonyl (C=S) groups is 1. The molecule has 8 nitrogen and oxygen atoms in total. The van der Waals surface area contributed by atoms with E-state index in [4.69, 9.17) is 21.7 Å². The molecule has 0 aliphatic carbocycles. The standard InChI is InChI=1S/C21H24N4O4S/c1-28-17-9-8-16(11-18(17)29-2)22-21(30)24-23-20(27)15-10-19(26)25(13-15)12-14-6-4-3-5-7-14/h3-9,11,15H,10,12-13H2,1-2H3,(H,23,27)(H2,22,24,30). The maximum absolute atomic E-state index is 12.5. The highest BCUT2D eigenvalue weighted by molar-refractivity contribution is 7.80. The van der Waals surface area contributed by atoms with Crippen molar-refractivity contribution in [1.29, 1.82) is 0 Å². The second-order valence-corrected chi connectivity index (χ2v) is 7.21. The normalized spacial score (nSPS) is 15.5. The van der Waals surface area contributed by atoms with E-state index in [2.05, 4.69) is 16.2 Å². The average Bonchev–Trinajstić information content (AvgIpc) is 3.13. The molecular weight excluding hydrogens is 404 g/mol. The first kappa shape index (κ1) is 21.4. The van der Waals surface area contributed by atoms with Gasteiger partial charge >= 0.3 is 0 Å². The van der Waals surface area contributed by atoms with Gasteiger partial charge in [-0.25, -0.2) is 0 Å². The monoisotopic (exact) mass is 428 g/mol. The molecule has 0 bridgehead atoms. The van der Waals surface area contributed by atoms with Crippen molar-refractivity contribution >= 4 is 34.8 Å². The summed E-state index contributed by atoms with van der Waals surface area (Å²) >= 11 is 5.22. The largest absolute Gasteiger partial charge is 0.493 e. The van der Waals surface area contributed by atoms with Crippen molar-refractivity contribution in [2.24, 2.45) is 5.92 Å². The molecule has 1 atom stereocenters. The molecule has 1 heterocycles. The van der Waals surface area contributed by atoms with Crippen LogP contribution in [-0.2, 0) is 16.1 Å². The summed E-state index contributed by atoms with van der Waals surface area (Å²) in [5, 5.41) is 3.17. The summed E-state index contributed by atoms with van der Waals surface area (Å²) in [5.41, 5.74) is 6.95. The highest BCUT2D eigenvalue weighted by atomic mass is 32.1. The lowest BCUT2D eigenvalue weighted by Crippen LogP contribution is -2.46. The van der Waals surface area contributed by atoms with Crippen molar-refractivity contribution in [3.63, 3.8) is 0 Å². The number of nitrogens with zero attached hydrogens (tertiary/aromatic N) is 1. The Bertz CT molecular complexity index is 922. The number of ether oxygens (including phenoxy) is 2. The molecule has 158 valence electrons. The zero-order valence-corrected chi connectivity index (χ0v) is 17.6. The fourth-order valence-electron chi connectivity index (χ4n) is 3.20.